The van der Waals surface area contributed by atoms with E-state index in [1.54, 1.807) is 7.11 Å². The number of ether oxygens (including phenoxy) is 1. The highest BCUT2D eigenvalue weighted by atomic mass is 32.2. The van der Waals surface area contributed by atoms with Gasteiger partial charge in [-0.05, 0) is 54.4 Å². The van der Waals surface area contributed by atoms with Crippen LogP contribution < -0.4 is 15.4 Å². The molecule has 0 aliphatic heterocycles. The molecule has 0 aliphatic carbocycles. The molecule has 1 atom stereocenters. The molecule has 6 nitrogen and oxygen atoms in total. The molecule has 2 amide bonds. The molecule has 34 heavy (non-hydrogen) atoms. The molecule has 2 N–H and O–H groups in total. The van der Waals surface area contributed by atoms with Gasteiger partial charge in [0.15, 0.2) is 5.13 Å². The molecule has 0 spiro atoms. The minimum atomic E-state index is -0.469. The van der Waals surface area contributed by atoms with Gasteiger partial charge in [-0.3, -0.25) is 9.59 Å². The first-order chi connectivity index (χ1) is 16.6. The summed E-state index contributed by atoms with van der Waals surface area (Å²) in [4.78, 5) is 30.7. The highest BCUT2D eigenvalue weighted by Gasteiger charge is 2.23. The average molecular weight is 492 g/mol. The highest BCUT2D eigenvalue weighted by Crippen LogP contribution is 2.37. The van der Waals surface area contributed by atoms with Crippen molar-refractivity contribution >= 4 is 55.9 Å². The lowest BCUT2D eigenvalue weighted by Crippen LogP contribution is -2.18. The van der Waals surface area contributed by atoms with Crippen LogP contribution in [0.15, 0.2) is 77.7 Å². The normalized spacial score (nSPS) is 11.7. The summed E-state index contributed by atoms with van der Waals surface area (Å²) in [6, 6.07) is 22.9. The van der Waals surface area contributed by atoms with Crippen LogP contribution in [0.5, 0.6) is 5.75 Å². The SMILES string of the molecule is CCCC(=O)Nc1ccc(SC(C(=O)Nc2nc3ccc(OC)cc3s2)c2ccccc2)cc1. The first-order valence-corrected chi connectivity index (χ1v) is 12.6. The molecule has 0 saturated carbocycles. The number of benzene rings is 3. The van der Waals surface area contributed by atoms with Crippen LogP contribution in [0.1, 0.15) is 30.6 Å². The van der Waals surface area contributed by atoms with Crippen molar-refractivity contribution in [1.82, 2.24) is 4.98 Å². The van der Waals surface area contributed by atoms with Gasteiger partial charge < -0.3 is 15.4 Å². The maximum absolute atomic E-state index is 13.4. The molecule has 0 aliphatic rings. The fourth-order valence-electron chi connectivity index (χ4n) is 3.36. The number of thioether (sulfide) groups is 1. The molecule has 0 radical (unpaired) electrons. The van der Waals surface area contributed by atoms with Crippen LogP contribution in [0.2, 0.25) is 0 Å². The Labute approximate surface area is 206 Å². The lowest BCUT2D eigenvalue weighted by molar-refractivity contribution is -0.116. The van der Waals surface area contributed by atoms with Gasteiger partial charge >= 0.3 is 0 Å². The third-order valence-corrected chi connectivity index (χ3v) is 7.24. The third kappa shape index (κ3) is 5.95. The summed E-state index contributed by atoms with van der Waals surface area (Å²) >= 11 is 2.87. The van der Waals surface area contributed by atoms with Gasteiger partial charge in [0.05, 0.1) is 17.3 Å². The van der Waals surface area contributed by atoms with Gasteiger partial charge in [0, 0.05) is 17.0 Å². The van der Waals surface area contributed by atoms with E-state index >= 15 is 0 Å². The smallest absolute Gasteiger partial charge is 0.244 e. The van der Waals surface area contributed by atoms with E-state index in [2.05, 4.69) is 15.6 Å². The van der Waals surface area contributed by atoms with Gasteiger partial charge in [-0.25, -0.2) is 4.98 Å². The zero-order valence-corrected chi connectivity index (χ0v) is 20.5. The maximum Gasteiger partial charge on any atom is 0.244 e. The third-order valence-electron chi connectivity index (χ3n) is 5.04. The van der Waals surface area contributed by atoms with Crippen molar-refractivity contribution in [2.45, 2.75) is 29.9 Å². The van der Waals surface area contributed by atoms with E-state index in [-0.39, 0.29) is 11.8 Å². The molecule has 0 fully saturated rings. The van der Waals surface area contributed by atoms with Crippen LogP contribution in [-0.4, -0.2) is 23.9 Å². The molecular formula is C26H25N3O3S2. The monoisotopic (exact) mass is 491 g/mol. The lowest BCUT2D eigenvalue weighted by atomic mass is 10.1. The van der Waals surface area contributed by atoms with Gasteiger partial charge in [0.1, 0.15) is 11.0 Å². The quantitative estimate of drug-likeness (QED) is 0.261. The van der Waals surface area contributed by atoms with Crippen LogP contribution in [0.3, 0.4) is 0 Å². The molecule has 174 valence electrons. The molecule has 1 aromatic heterocycles. The Morgan fingerprint density at radius 2 is 1.79 bits per heavy atom. The minimum Gasteiger partial charge on any atom is -0.497 e. The van der Waals surface area contributed by atoms with Gasteiger partial charge in [-0.1, -0.05) is 48.6 Å². The van der Waals surface area contributed by atoms with Gasteiger partial charge in [0.25, 0.3) is 0 Å². The molecule has 1 unspecified atom stereocenters. The van der Waals surface area contributed by atoms with E-state index in [0.717, 1.165) is 38.5 Å². The minimum absolute atomic E-state index is 0.00195. The molecule has 0 saturated heterocycles. The van der Waals surface area contributed by atoms with Crippen LogP contribution in [0, 0.1) is 0 Å². The molecule has 1 heterocycles. The second kappa shape index (κ2) is 11.2. The number of nitrogens with one attached hydrogen (secondary N) is 2. The number of hydrogen-bond acceptors (Lipinski definition) is 6. The topological polar surface area (TPSA) is 80.3 Å². The van der Waals surface area contributed by atoms with Crippen molar-refractivity contribution in [3.63, 3.8) is 0 Å². The van der Waals surface area contributed by atoms with E-state index in [1.165, 1.54) is 23.1 Å². The van der Waals surface area contributed by atoms with Crippen molar-refractivity contribution in [3.8, 4) is 5.75 Å². The van der Waals surface area contributed by atoms with Crippen molar-refractivity contribution in [2.24, 2.45) is 0 Å². The Kier molecular flexibility index (Phi) is 7.82. The number of fused-ring (bicyclic) bond motifs is 1. The van der Waals surface area contributed by atoms with Gasteiger partial charge in [0.2, 0.25) is 11.8 Å². The Morgan fingerprint density at radius 3 is 2.50 bits per heavy atom. The molecule has 3 aromatic carbocycles. The van der Waals surface area contributed by atoms with E-state index in [4.69, 9.17) is 4.74 Å². The first-order valence-electron chi connectivity index (χ1n) is 10.9. The van der Waals surface area contributed by atoms with E-state index in [1.807, 2.05) is 79.7 Å². The van der Waals surface area contributed by atoms with Crippen LogP contribution >= 0.6 is 23.1 Å². The lowest BCUT2D eigenvalue weighted by Gasteiger charge is -2.16. The number of thiazole rings is 1. The number of aromatic nitrogens is 1. The van der Waals surface area contributed by atoms with Crippen molar-refractivity contribution in [3.05, 3.63) is 78.4 Å². The van der Waals surface area contributed by atoms with Gasteiger partial charge in [-0.2, -0.15) is 0 Å². The largest absolute Gasteiger partial charge is 0.497 e. The summed E-state index contributed by atoms with van der Waals surface area (Å²) in [5, 5.41) is 5.95. The van der Waals surface area contributed by atoms with Crippen molar-refractivity contribution in [2.75, 3.05) is 17.7 Å². The fourth-order valence-corrected chi connectivity index (χ4v) is 5.28. The zero-order valence-electron chi connectivity index (χ0n) is 18.9. The maximum atomic E-state index is 13.4. The summed E-state index contributed by atoms with van der Waals surface area (Å²) in [5.41, 5.74) is 2.45. The van der Waals surface area contributed by atoms with Gasteiger partial charge in [-0.15, -0.1) is 11.8 Å². The number of nitrogens with zero attached hydrogens (tertiary/aromatic N) is 1. The van der Waals surface area contributed by atoms with E-state index in [0.29, 0.717) is 11.6 Å². The number of carbonyl (C=O) groups is 2. The number of carbonyl (C=O) groups excluding carboxylic acids is 2. The summed E-state index contributed by atoms with van der Waals surface area (Å²) in [6.45, 7) is 1.97. The summed E-state index contributed by atoms with van der Waals surface area (Å²) in [5.74, 6) is 0.599. The Morgan fingerprint density at radius 1 is 1.03 bits per heavy atom. The number of amides is 2. The number of hydrogen-bond donors (Lipinski definition) is 2. The van der Waals surface area contributed by atoms with E-state index < -0.39 is 5.25 Å². The van der Waals surface area contributed by atoms with Crippen molar-refractivity contribution in [1.29, 1.82) is 0 Å². The second-order valence-corrected chi connectivity index (χ2v) is 9.78. The summed E-state index contributed by atoms with van der Waals surface area (Å²) in [6.07, 6.45) is 1.29. The molecule has 8 heteroatoms. The Balaban J connectivity index is 1.52. The Bertz CT molecular complexity index is 1270. The number of anilines is 2. The fraction of sp³-hybridized carbons (Fsp3) is 0.192. The number of methoxy groups -OCH3 is 1. The molecule has 4 rings (SSSR count). The van der Waals surface area contributed by atoms with Crippen molar-refractivity contribution < 1.29 is 14.3 Å². The summed E-state index contributed by atoms with van der Waals surface area (Å²) < 4.78 is 6.23. The predicted molar refractivity (Wildman–Crippen MR) is 140 cm³/mol. The van der Waals surface area contributed by atoms with Crippen LogP contribution in [0.4, 0.5) is 10.8 Å². The number of rotatable bonds is 9. The molecule has 0 bridgehead atoms. The van der Waals surface area contributed by atoms with Crippen LogP contribution in [0.25, 0.3) is 10.2 Å². The first kappa shape index (κ1) is 23.8. The Hall–Kier alpha value is -3.36. The standard InChI is InChI=1S/C26H25N3O3S2/c1-3-7-23(30)27-18-10-13-20(14-11-18)33-24(17-8-5-4-6-9-17)25(31)29-26-28-21-15-12-19(32-2)16-22(21)34-26/h4-6,8-16,24H,3,7H2,1-2H3,(H,27,30)(H,28,29,31). The zero-order chi connectivity index (χ0) is 23.9. The highest BCUT2D eigenvalue weighted by molar-refractivity contribution is 8.00. The van der Waals surface area contributed by atoms with E-state index in [9.17, 15) is 9.59 Å². The summed E-state index contributed by atoms with van der Waals surface area (Å²) in [7, 11) is 1.62. The second-order valence-electron chi connectivity index (χ2n) is 7.57. The molecular weight excluding hydrogens is 466 g/mol. The average Bonchev–Trinajstić information content (AvgIpc) is 3.25. The van der Waals surface area contributed by atoms with Crippen LogP contribution in [-0.2, 0) is 9.59 Å². The molecule has 4 aromatic rings. The predicted octanol–water partition coefficient (Wildman–Crippen LogP) is 6.52.